The number of benzene rings is 2. The number of hydrogen-bond donors (Lipinski definition) is 2. The maximum atomic E-state index is 12.3. The lowest BCUT2D eigenvalue weighted by atomic mass is 10.1. The molecule has 0 saturated carbocycles. The molecule has 1 saturated heterocycles. The van der Waals surface area contributed by atoms with Crippen molar-refractivity contribution in [3.63, 3.8) is 0 Å². The highest BCUT2D eigenvalue weighted by atomic mass is 35.5. The zero-order chi connectivity index (χ0) is 21.5. The highest BCUT2D eigenvalue weighted by Crippen LogP contribution is 2.27. The van der Waals surface area contributed by atoms with E-state index < -0.39 is 0 Å². The average molecular weight is 430 g/mol. The summed E-state index contributed by atoms with van der Waals surface area (Å²) in [5, 5.41) is 6.15. The number of nitrogens with zero attached hydrogens (tertiary/aromatic N) is 1. The molecule has 8 heteroatoms. The molecule has 30 heavy (non-hydrogen) atoms. The van der Waals surface area contributed by atoms with Crippen LogP contribution in [0.2, 0.25) is 5.02 Å². The van der Waals surface area contributed by atoms with E-state index in [1.165, 1.54) is 0 Å². The molecule has 7 nitrogen and oxygen atoms in total. The van der Waals surface area contributed by atoms with Gasteiger partial charge in [0.25, 0.3) is 5.91 Å². The number of halogens is 1. The third-order valence-corrected chi connectivity index (χ3v) is 4.94. The topological polar surface area (TPSA) is 87.7 Å². The summed E-state index contributed by atoms with van der Waals surface area (Å²) in [6.45, 7) is 2.81. The van der Waals surface area contributed by atoms with E-state index in [4.69, 9.17) is 16.3 Å². The number of ether oxygens (including phenoxy) is 1. The van der Waals surface area contributed by atoms with Gasteiger partial charge in [0, 0.05) is 35.9 Å². The molecule has 0 aromatic heterocycles. The van der Waals surface area contributed by atoms with Crippen LogP contribution < -0.4 is 20.3 Å². The van der Waals surface area contributed by atoms with E-state index in [-0.39, 0.29) is 36.7 Å². The fraction of sp³-hybridized carbons (Fsp3) is 0.318. The molecule has 1 atom stereocenters. The fourth-order valence-corrected chi connectivity index (χ4v) is 3.25. The van der Waals surface area contributed by atoms with Gasteiger partial charge in [0.15, 0.2) is 6.61 Å². The van der Waals surface area contributed by atoms with Gasteiger partial charge in [0.2, 0.25) is 11.8 Å². The highest BCUT2D eigenvalue weighted by molar-refractivity contribution is 6.30. The van der Waals surface area contributed by atoms with Gasteiger partial charge in [-0.05, 0) is 55.0 Å². The molecular weight excluding hydrogens is 406 g/mol. The SMILES string of the molecule is CCCNC(=O)[C@H]1CC(=O)N(c2ccc(OCC(=O)Nc3ccc(Cl)cc3)cc2)C1. The van der Waals surface area contributed by atoms with E-state index in [0.29, 0.717) is 35.2 Å². The number of carbonyl (C=O) groups is 3. The summed E-state index contributed by atoms with van der Waals surface area (Å²) in [4.78, 5) is 38.0. The summed E-state index contributed by atoms with van der Waals surface area (Å²) in [5.41, 5.74) is 1.33. The predicted octanol–water partition coefficient (Wildman–Crippen LogP) is 3.24. The van der Waals surface area contributed by atoms with Gasteiger partial charge in [-0.3, -0.25) is 14.4 Å². The van der Waals surface area contributed by atoms with E-state index in [1.54, 1.807) is 53.4 Å². The van der Waals surface area contributed by atoms with Gasteiger partial charge in [-0.1, -0.05) is 18.5 Å². The van der Waals surface area contributed by atoms with E-state index >= 15 is 0 Å². The molecule has 2 N–H and O–H groups in total. The van der Waals surface area contributed by atoms with Crippen molar-refractivity contribution in [1.82, 2.24) is 5.32 Å². The molecule has 158 valence electrons. The van der Waals surface area contributed by atoms with Gasteiger partial charge in [0.1, 0.15) is 5.75 Å². The molecule has 0 unspecified atom stereocenters. The van der Waals surface area contributed by atoms with Crippen LogP contribution in [-0.2, 0) is 14.4 Å². The fourth-order valence-electron chi connectivity index (χ4n) is 3.13. The third kappa shape index (κ3) is 5.73. The molecule has 0 aliphatic carbocycles. The third-order valence-electron chi connectivity index (χ3n) is 4.69. The Morgan fingerprint density at radius 3 is 2.50 bits per heavy atom. The van der Waals surface area contributed by atoms with E-state index in [9.17, 15) is 14.4 Å². The van der Waals surface area contributed by atoms with Crippen LogP contribution in [0, 0.1) is 5.92 Å². The summed E-state index contributed by atoms with van der Waals surface area (Å²) >= 11 is 5.82. The Hall–Kier alpha value is -3.06. The van der Waals surface area contributed by atoms with Crippen LogP contribution in [0.5, 0.6) is 5.75 Å². The molecule has 1 aliphatic rings. The smallest absolute Gasteiger partial charge is 0.262 e. The molecule has 2 aromatic carbocycles. The lowest BCUT2D eigenvalue weighted by Gasteiger charge is -2.17. The average Bonchev–Trinajstić information content (AvgIpc) is 3.14. The van der Waals surface area contributed by atoms with Crippen molar-refractivity contribution < 1.29 is 19.1 Å². The molecule has 3 amide bonds. The minimum atomic E-state index is -0.337. The standard InChI is InChI=1S/C22H24ClN3O4/c1-2-11-24-22(29)15-12-21(28)26(13-15)18-7-9-19(10-8-18)30-14-20(27)25-17-5-3-16(23)4-6-17/h3-10,15H,2,11-14H2,1H3,(H,24,29)(H,25,27)/t15-/m0/s1. The van der Waals surface area contributed by atoms with Crippen molar-refractivity contribution >= 4 is 40.7 Å². The number of hydrogen-bond acceptors (Lipinski definition) is 4. The van der Waals surface area contributed by atoms with Crippen molar-refractivity contribution in [1.29, 1.82) is 0 Å². The predicted molar refractivity (Wildman–Crippen MR) is 116 cm³/mol. The number of carbonyl (C=O) groups excluding carboxylic acids is 3. The normalized spacial score (nSPS) is 15.7. The lowest BCUT2D eigenvalue weighted by molar-refractivity contribution is -0.126. The Kier molecular flexibility index (Phi) is 7.30. The maximum absolute atomic E-state index is 12.3. The largest absolute Gasteiger partial charge is 0.484 e. The van der Waals surface area contributed by atoms with Crippen LogP contribution in [0.1, 0.15) is 19.8 Å². The van der Waals surface area contributed by atoms with Gasteiger partial charge >= 0.3 is 0 Å². The zero-order valence-electron chi connectivity index (χ0n) is 16.7. The molecule has 0 bridgehead atoms. The number of rotatable bonds is 8. The minimum absolute atomic E-state index is 0.0809. The second-order valence-electron chi connectivity index (χ2n) is 7.03. The Morgan fingerprint density at radius 1 is 1.13 bits per heavy atom. The quantitative estimate of drug-likeness (QED) is 0.674. The number of amides is 3. The van der Waals surface area contributed by atoms with Crippen LogP contribution in [0.4, 0.5) is 11.4 Å². The number of nitrogens with one attached hydrogen (secondary N) is 2. The van der Waals surface area contributed by atoms with Crippen LogP contribution in [0.25, 0.3) is 0 Å². The van der Waals surface area contributed by atoms with Crippen LogP contribution in [0.3, 0.4) is 0 Å². The van der Waals surface area contributed by atoms with Crippen molar-refractivity contribution in [3.05, 3.63) is 53.6 Å². The van der Waals surface area contributed by atoms with Crippen LogP contribution in [-0.4, -0.2) is 37.4 Å². The van der Waals surface area contributed by atoms with Gasteiger partial charge < -0.3 is 20.3 Å². The maximum Gasteiger partial charge on any atom is 0.262 e. The summed E-state index contributed by atoms with van der Waals surface area (Å²) in [6, 6.07) is 13.7. The molecule has 0 spiro atoms. The van der Waals surface area contributed by atoms with Crippen molar-refractivity contribution in [2.24, 2.45) is 5.92 Å². The van der Waals surface area contributed by atoms with E-state index in [2.05, 4.69) is 10.6 Å². The Bertz CT molecular complexity index is 900. The lowest BCUT2D eigenvalue weighted by Crippen LogP contribution is -2.33. The molecule has 1 fully saturated rings. The first kappa shape index (κ1) is 21.6. The summed E-state index contributed by atoms with van der Waals surface area (Å²) in [6.07, 6.45) is 1.06. The molecule has 0 radical (unpaired) electrons. The van der Waals surface area contributed by atoms with Crippen LogP contribution in [0.15, 0.2) is 48.5 Å². The molecule has 2 aromatic rings. The summed E-state index contributed by atoms with van der Waals surface area (Å²) in [7, 11) is 0. The van der Waals surface area contributed by atoms with Gasteiger partial charge in [-0.15, -0.1) is 0 Å². The molecule has 1 heterocycles. The second kappa shape index (κ2) is 10.1. The van der Waals surface area contributed by atoms with Gasteiger partial charge in [-0.2, -0.15) is 0 Å². The monoisotopic (exact) mass is 429 g/mol. The Morgan fingerprint density at radius 2 is 1.83 bits per heavy atom. The summed E-state index contributed by atoms with van der Waals surface area (Å²) < 4.78 is 5.51. The first-order valence-electron chi connectivity index (χ1n) is 9.82. The molecular formula is C22H24ClN3O4. The Balaban J connectivity index is 1.51. The minimum Gasteiger partial charge on any atom is -0.484 e. The summed E-state index contributed by atoms with van der Waals surface area (Å²) in [5.74, 6) is -0.288. The van der Waals surface area contributed by atoms with Crippen molar-refractivity contribution in [2.75, 3.05) is 29.9 Å². The van der Waals surface area contributed by atoms with Crippen LogP contribution >= 0.6 is 11.6 Å². The molecule has 1 aliphatic heterocycles. The number of anilines is 2. The second-order valence-corrected chi connectivity index (χ2v) is 7.47. The first-order chi connectivity index (χ1) is 14.5. The zero-order valence-corrected chi connectivity index (χ0v) is 17.4. The van der Waals surface area contributed by atoms with Crippen molar-refractivity contribution in [3.8, 4) is 5.75 Å². The van der Waals surface area contributed by atoms with Gasteiger partial charge in [-0.25, -0.2) is 0 Å². The van der Waals surface area contributed by atoms with Crippen molar-refractivity contribution in [2.45, 2.75) is 19.8 Å². The molecule has 3 rings (SSSR count). The van der Waals surface area contributed by atoms with E-state index in [1.807, 2.05) is 6.92 Å². The highest BCUT2D eigenvalue weighted by Gasteiger charge is 2.34. The Labute approximate surface area is 180 Å². The van der Waals surface area contributed by atoms with E-state index in [0.717, 1.165) is 6.42 Å². The first-order valence-corrected chi connectivity index (χ1v) is 10.2. The van der Waals surface area contributed by atoms with Gasteiger partial charge in [0.05, 0.1) is 5.92 Å².